The van der Waals surface area contributed by atoms with Gasteiger partial charge in [0.15, 0.2) is 0 Å². The van der Waals surface area contributed by atoms with E-state index in [1.54, 1.807) is 0 Å². The highest BCUT2D eigenvalue weighted by molar-refractivity contribution is 5.82. The number of ether oxygens (including phenoxy) is 2. The van der Waals surface area contributed by atoms with E-state index in [0.717, 1.165) is 44.5 Å². The molecule has 1 atom stereocenters. The molecule has 224 valence electrons. The minimum Gasteiger partial charge on any atom is -0.449 e. The van der Waals surface area contributed by atoms with Gasteiger partial charge in [-0.1, -0.05) is 97.1 Å². The van der Waals surface area contributed by atoms with Crippen LogP contribution in [-0.2, 0) is 14.3 Å². The van der Waals surface area contributed by atoms with E-state index in [2.05, 4.69) is 34.9 Å². The number of carbonyl (C=O) groups is 3. The quantitative estimate of drug-likeness (QED) is 0.143. The number of amides is 2. The SMILES string of the molecule is O=C(NCCCC[C@H](NC(=O)OCC1c2ccccc2-c2ccccc21)C(=O)F)OCC1c2ccccc2-c2ccccc21. The number of halogens is 1. The van der Waals surface area contributed by atoms with Crippen molar-refractivity contribution in [1.82, 2.24) is 10.6 Å². The lowest BCUT2D eigenvalue weighted by molar-refractivity contribution is -0.131. The van der Waals surface area contributed by atoms with E-state index in [4.69, 9.17) is 9.47 Å². The summed E-state index contributed by atoms with van der Waals surface area (Å²) in [5, 5.41) is 5.07. The Morgan fingerprint density at radius 1 is 0.614 bits per heavy atom. The third-order valence-corrected chi connectivity index (χ3v) is 8.44. The number of hydrogen-bond acceptors (Lipinski definition) is 5. The molecule has 0 saturated carbocycles. The molecule has 0 heterocycles. The second-order valence-electron chi connectivity index (χ2n) is 11.1. The van der Waals surface area contributed by atoms with Crippen LogP contribution in [0.1, 0.15) is 53.4 Å². The van der Waals surface area contributed by atoms with E-state index >= 15 is 0 Å². The van der Waals surface area contributed by atoms with Gasteiger partial charge in [-0.05, 0) is 63.8 Å². The largest absolute Gasteiger partial charge is 0.449 e. The second-order valence-corrected chi connectivity index (χ2v) is 11.1. The lowest BCUT2D eigenvalue weighted by Gasteiger charge is -2.17. The zero-order valence-corrected chi connectivity index (χ0v) is 24.1. The molecule has 4 aromatic carbocycles. The van der Waals surface area contributed by atoms with Gasteiger partial charge in [-0.25, -0.2) is 9.59 Å². The van der Waals surface area contributed by atoms with Crippen molar-refractivity contribution in [3.63, 3.8) is 0 Å². The van der Waals surface area contributed by atoms with E-state index < -0.39 is 24.3 Å². The van der Waals surface area contributed by atoms with Gasteiger partial charge in [-0.2, -0.15) is 4.39 Å². The molecule has 4 aromatic rings. The van der Waals surface area contributed by atoms with Crippen LogP contribution in [0, 0.1) is 0 Å². The molecule has 0 spiro atoms. The van der Waals surface area contributed by atoms with Crippen LogP contribution >= 0.6 is 0 Å². The topological polar surface area (TPSA) is 93.7 Å². The molecule has 0 aromatic heterocycles. The number of alkyl carbamates (subject to hydrolysis) is 2. The van der Waals surface area contributed by atoms with Gasteiger partial charge >= 0.3 is 18.2 Å². The number of unbranched alkanes of at least 4 members (excludes halogenated alkanes) is 1. The summed E-state index contributed by atoms with van der Waals surface area (Å²) in [6.45, 7) is 0.564. The predicted molar refractivity (Wildman–Crippen MR) is 165 cm³/mol. The molecule has 2 amide bonds. The summed E-state index contributed by atoms with van der Waals surface area (Å²) in [6.07, 6.45) is -0.443. The average molecular weight is 593 g/mol. The fraction of sp³-hybridized carbons (Fsp3) is 0.250. The number of hydrogen-bond donors (Lipinski definition) is 2. The normalized spacial score (nSPS) is 13.7. The molecular formula is C36H33FN2O5. The number of benzene rings is 4. The van der Waals surface area contributed by atoms with Crippen molar-refractivity contribution in [2.24, 2.45) is 0 Å². The van der Waals surface area contributed by atoms with E-state index in [9.17, 15) is 18.8 Å². The summed E-state index contributed by atoms with van der Waals surface area (Å²) >= 11 is 0. The van der Waals surface area contributed by atoms with E-state index in [1.807, 2.05) is 72.8 Å². The van der Waals surface area contributed by atoms with E-state index in [-0.39, 0.29) is 38.0 Å². The highest BCUT2D eigenvalue weighted by Gasteiger charge is 2.31. The minimum absolute atomic E-state index is 0.0338. The third-order valence-electron chi connectivity index (χ3n) is 8.44. The van der Waals surface area contributed by atoms with Crippen LogP contribution in [0.3, 0.4) is 0 Å². The summed E-state index contributed by atoms with van der Waals surface area (Å²) in [7, 11) is 0. The molecule has 2 N–H and O–H groups in total. The van der Waals surface area contributed by atoms with Crippen molar-refractivity contribution in [3.05, 3.63) is 119 Å². The van der Waals surface area contributed by atoms with E-state index in [1.165, 1.54) is 0 Å². The Morgan fingerprint density at radius 3 is 1.45 bits per heavy atom. The summed E-state index contributed by atoms with van der Waals surface area (Å²) in [4.78, 5) is 36.5. The fourth-order valence-electron chi connectivity index (χ4n) is 6.34. The maximum absolute atomic E-state index is 13.8. The molecule has 6 rings (SSSR count). The summed E-state index contributed by atoms with van der Waals surface area (Å²) in [5.41, 5.74) is 8.88. The molecule has 7 nitrogen and oxygen atoms in total. The molecular weight excluding hydrogens is 559 g/mol. The van der Waals surface area contributed by atoms with Crippen LogP contribution < -0.4 is 10.6 Å². The van der Waals surface area contributed by atoms with Gasteiger partial charge in [0.05, 0.1) is 0 Å². The Morgan fingerprint density at radius 2 is 1.02 bits per heavy atom. The summed E-state index contributed by atoms with van der Waals surface area (Å²) < 4.78 is 24.7. The van der Waals surface area contributed by atoms with Crippen molar-refractivity contribution in [2.45, 2.75) is 37.1 Å². The summed E-state index contributed by atoms with van der Waals surface area (Å²) in [6, 6.07) is 29.2. The Bertz CT molecular complexity index is 1600. The van der Waals surface area contributed by atoms with Gasteiger partial charge in [0.1, 0.15) is 19.3 Å². The van der Waals surface area contributed by atoms with E-state index in [0.29, 0.717) is 12.8 Å². The van der Waals surface area contributed by atoms with Crippen molar-refractivity contribution >= 4 is 18.2 Å². The first-order valence-electron chi connectivity index (χ1n) is 14.9. The molecule has 2 aliphatic rings. The van der Waals surface area contributed by atoms with Crippen LogP contribution in [0.2, 0.25) is 0 Å². The number of nitrogens with one attached hydrogen (secondary N) is 2. The first-order chi connectivity index (χ1) is 21.5. The average Bonchev–Trinajstić information content (AvgIpc) is 3.54. The van der Waals surface area contributed by atoms with Crippen LogP contribution in [0.25, 0.3) is 22.3 Å². The maximum atomic E-state index is 13.8. The highest BCUT2D eigenvalue weighted by Crippen LogP contribution is 2.45. The first kappa shape index (κ1) is 29.1. The molecule has 2 aliphatic carbocycles. The van der Waals surface area contributed by atoms with Crippen LogP contribution in [0.4, 0.5) is 14.0 Å². The number of fused-ring (bicyclic) bond motifs is 6. The summed E-state index contributed by atoms with van der Waals surface area (Å²) in [5.74, 6) is -0.176. The molecule has 0 bridgehead atoms. The van der Waals surface area contributed by atoms with Crippen LogP contribution in [-0.4, -0.2) is 44.0 Å². The van der Waals surface area contributed by atoms with Gasteiger partial charge in [0.25, 0.3) is 0 Å². The third kappa shape index (κ3) is 6.06. The number of carbonyl (C=O) groups excluding carboxylic acids is 3. The standard InChI is InChI=1S/C36H33FN2O5/c37-34(40)33(39-36(42)44-22-32-29-17-7-3-13-25(29)26-14-4-8-18-30(26)32)19-9-10-20-38-35(41)43-21-31-27-15-5-1-11-23(27)24-12-2-6-16-28(24)31/h1-8,11-18,31-33H,9-10,19-22H2,(H,38,41)(H,39,42)/t33-/m0/s1. The molecule has 0 radical (unpaired) electrons. The first-order valence-corrected chi connectivity index (χ1v) is 14.9. The Hall–Kier alpha value is -4.98. The fourth-order valence-corrected chi connectivity index (χ4v) is 6.34. The molecule has 0 fully saturated rings. The monoisotopic (exact) mass is 592 g/mol. The van der Waals surface area contributed by atoms with Crippen molar-refractivity contribution in [1.29, 1.82) is 0 Å². The predicted octanol–water partition coefficient (Wildman–Crippen LogP) is 7.10. The molecule has 44 heavy (non-hydrogen) atoms. The van der Waals surface area contributed by atoms with Crippen LogP contribution in [0.15, 0.2) is 97.1 Å². The zero-order valence-electron chi connectivity index (χ0n) is 24.1. The highest BCUT2D eigenvalue weighted by atomic mass is 19.1. The minimum atomic E-state index is -1.64. The molecule has 0 aliphatic heterocycles. The van der Waals surface area contributed by atoms with Gasteiger partial charge in [0, 0.05) is 18.4 Å². The Kier molecular flexibility index (Phi) is 8.68. The maximum Gasteiger partial charge on any atom is 0.407 e. The van der Waals surface area contributed by atoms with Crippen molar-refractivity contribution in [2.75, 3.05) is 19.8 Å². The molecule has 0 unspecified atom stereocenters. The Labute approximate surface area is 255 Å². The van der Waals surface area contributed by atoms with Gasteiger partial charge < -0.3 is 20.1 Å². The van der Waals surface area contributed by atoms with Crippen LogP contribution in [0.5, 0.6) is 0 Å². The van der Waals surface area contributed by atoms with Gasteiger partial charge in [-0.15, -0.1) is 0 Å². The molecule has 8 heteroatoms. The lowest BCUT2D eigenvalue weighted by atomic mass is 9.98. The lowest BCUT2D eigenvalue weighted by Crippen LogP contribution is -2.40. The zero-order chi connectivity index (χ0) is 30.5. The van der Waals surface area contributed by atoms with Crippen molar-refractivity contribution < 1.29 is 28.2 Å². The second kappa shape index (κ2) is 13.1. The van der Waals surface area contributed by atoms with Gasteiger partial charge in [0.2, 0.25) is 0 Å². The number of rotatable bonds is 11. The van der Waals surface area contributed by atoms with Gasteiger partial charge in [-0.3, -0.25) is 4.79 Å². The smallest absolute Gasteiger partial charge is 0.407 e. The van der Waals surface area contributed by atoms with Crippen molar-refractivity contribution in [3.8, 4) is 22.3 Å². The Balaban J connectivity index is 0.925. The molecule has 0 saturated heterocycles.